The van der Waals surface area contributed by atoms with Crippen molar-refractivity contribution in [3.8, 4) is 0 Å². The number of hydrogen-bond donors (Lipinski definition) is 2. The molecule has 0 bridgehead atoms. The van der Waals surface area contributed by atoms with Crippen molar-refractivity contribution in [2.75, 3.05) is 23.9 Å². The summed E-state index contributed by atoms with van der Waals surface area (Å²) in [5, 5.41) is 11.8. The average Bonchev–Trinajstić information content (AvgIpc) is 3.26. The van der Waals surface area contributed by atoms with Crippen LogP contribution in [0.15, 0.2) is 66.1 Å². The van der Waals surface area contributed by atoms with Crippen LogP contribution in [0.4, 0.5) is 11.4 Å². The lowest BCUT2D eigenvalue weighted by Gasteiger charge is -2.29. The second-order valence-corrected chi connectivity index (χ2v) is 9.12. The van der Waals surface area contributed by atoms with Gasteiger partial charge in [-0.15, -0.1) is 0 Å². The van der Waals surface area contributed by atoms with E-state index in [1.165, 1.54) is 4.90 Å². The number of fused-ring (bicyclic) bond motifs is 1. The second kappa shape index (κ2) is 7.30. The van der Waals surface area contributed by atoms with Crippen molar-refractivity contribution < 1.29 is 14.7 Å². The molecule has 0 saturated carbocycles. The van der Waals surface area contributed by atoms with Gasteiger partial charge in [0.2, 0.25) is 0 Å². The first-order valence-corrected chi connectivity index (χ1v) is 10.3. The predicted molar refractivity (Wildman–Crippen MR) is 123 cm³/mol. The Kier molecular flexibility index (Phi) is 4.88. The molecule has 6 nitrogen and oxygen atoms in total. The van der Waals surface area contributed by atoms with Crippen LogP contribution in [-0.2, 0) is 9.59 Å². The molecule has 0 radical (unpaired) electrons. The number of carbonyl (C=O) groups is 2. The van der Waals surface area contributed by atoms with Crippen molar-refractivity contribution in [3.63, 3.8) is 0 Å². The standard InChI is InChI=1S/C25H27N3O3/c1-25(2,3)23(30)20-21(18-14-26-19-9-7-6-8-17(18)19)28(24(31)22(20)29)16-12-10-15(11-13-16)27(4)5/h6-14,21,26,29H,1-5H3. The Bertz CT molecular complexity index is 1200. The first kappa shape index (κ1) is 20.7. The molecule has 2 heterocycles. The molecule has 31 heavy (non-hydrogen) atoms. The number of Topliss-reactive ketones (excluding diaryl/α,β-unsaturated/α-hetero) is 1. The first-order valence-electron chi connectivity index (χ1n) is 10.3. The molecule has 0 aliphatic carbocycles. The molecule has 1 atom stereocenters. The van der Waals surface area contributed by atoms with E-state index in [0.717, 1.165) is 22.2 Å². The summed E-state index contributed by atoms with van der Waals surface area (Å²) in [6.45, 7) is 5.38. The second-order valence-electron chi connectivity index (χ2n) is 9.12. The summed E-state index contributed by atoms with van der Waals surface area (Å²) >= 11 is 0. The molecular weight excluding hydrogens is 390 g/mol. The highest BCUT2D eigenvalue weighted by Gasteiger charge is 2.47. The number of rotatable bonds is 4. The number of aliphatic hydroxyl groups excluding tert-OH is 1. The summed E-state index contributed by atoms with van der Waals surface area (Å²) in [5.41, 5.74) is 2.67. The number of carbonyl (C=O) groups excluding carboxylic acids is 2. The fourth-order valence-electron chi connectivity index (χ4n) is 4.03. The van der Waals surface area contributed by atoms with Gasteiger partial charge in [-0.1, -0.05) is 39.0 Å². The lowest BCUT2D eigenvalue weighted by molar-refractivity contribution is -0.123. The normalized spacial score (nSPS) is 17.0. The quantitative estimate of drug-likeness (QED) is 0.642. The Morgan fingerprint density at radius 2 is 1.71 bits per heavy atom. The van der Waals surface area contributed by atoms with Crippen molar-refractivity contribution in [1.82, 2.24) is 4.98 Å². The highest BCUT2D eigenvalue weighted by atomic mass is 16.3. The van der Waals surface area contributed by atoms with Crippen LogP contribution in [0, 0.1) is 5.41 Å². The van der Waals surface area contributed by atoms with Crippen LogP contribution in [0.5, 0.6) is 0 Å². The SMILES string of the molecule is CN(C)c1ccc(N2C(=O)C(O)=C(C(=O)C(C)(C)C)C2c2c[nH]c3ccccc23)cc1. The van der Waals surface area contributed by atoms with Gasteiger partial charge in [0.15, 0.2) is 11.5 Å². The number of nitrogens with zero attached hydrogens (tertiary/aromatic N) is 2. The Morgan fingerprint density at radius 1 is 1.06 bits per heavy atom. The zero-order valence-electron chi connectivity index (χ0n) is 18.4. The Morgan fingerprint density at radius 3 is 2.32 bits per heavy atom. The van der Waals surface area contributed by atoms with E-state index in [9.17, 15) is 14.7 Å². The van der Waals surface area contributed by atoms with Crippen molar-refractivity contribution in [3.05, 3.63) is 71.6 Å². The van der Waals surface area contributed by atoms with Crippen LogP contribution in [0.1, 0.15) is 32.4 Å². The Balaban J connectivity index is 1.92. The minimum absolute atomic E-state index is 0.138. The summed E-state index contributed by atoms with van der Waals surface area (Å²) in [5.74, 6) is -1.30. The molecule has 160 valence electrons. The zero-order valence-corrected chi connectivity index (χ0v) is 18.4. The molecule has 0 fully saturated rings. The summed E-state index contributed by atoms with van der Waals surface area (Å²) in [6, 6.07) is 14.5. The number of ketones is 1. The molecule has 1 aromatic heterocycles. The molecule has 1 aliphatic heterocycles. The summed E-state index contributed by atoms with van der Waals surface area (Å²) in [7, 11) is 3.89. The highest BCUT2D eigenvalue weighted by molar-refractivity contribution is 6.18. The van der Waals surface area contributed by atoms with Gasteiger partial charge in [-0.25, -0.2) is 0 Å². The van der Waals surface area contributed by atoms with Gasteiger partial charge in [-0.3, -0.25) is 14.5 Å². The number of hydrogen-bond acceptors (Lipinski definition) is 4. The van der Waals surface area contributed by atoms with Crippen LogP contribution in [-0.4, -0.2) is 35.9 Å². The molecule has 2 N–H and O–H groups in total. The summed E-state index contributed by atoms with van der Waals surface area (Å²) in [4.78, 5) is 33.3. The minimum atomic E-state index is -0.751. The molecule has 1 aliphatic rings. The number of aliphatic hydroxyl groups is 1. The number of aromatic nitrogens is 1. The molecular formula is C25H27N3O3. The van der Waals surface area contributed by atoms with Gasteiger partial charge in [0.05, 0.1) is 11.6 Å². The van der Waals surface area contributed by atoms with Crippen LogP contribution in [0.2, 0.25) is 0 Å². The smallest absolute Gasteiger partial charge is 0.294 e. The molecule has 4 rings (SSSR count). The van der Waals surface area contributed by atoms with E-state index in [4.69, 9.17) is 0 Å². The molecule has 0 saturated heterocycles. The van der Waals surface area contributed by atoms with Crippen molar-refractivity contribution in [1.29, 1.82) is 0 Å². The average molecular weight is 418 g/mol. The van der Waals surface area contributed by atoms with Gasteiger partial charge in [-0.05, 0) is 30.3 Å². The molecule has 0 spiro atoms. The van der Waals surface area contributed by atoms with E-state index < -0.39 is 23.1 Å². The third-order valence-electron chi connectivity index (χ3n) is 5.69. The zero-order chi connectivity index (χ0) is 22.5. The number of para-hydroxylation sites is 1. The number of H-pyrrole nitrogens is 1. The molecule has 1 amide bonds. The molecule has 2 aromatic carbocycles. The van der Waals surface area contributed by atoms with E-state index in [1.807, 2.05) is 73.7 Å². The lowest BCUT2D eigenvalue weighted by Crippen LogP contribution is -2.32. The van der Waals surface area contributed by atoms with Crippen molar-refractivity contribution in [2.45, 2.75) is 26.8 Å². The van der Waals surface area contributed by atoms with E-state index in [1.54, 1.807) is 20.8 Å². The van der Waals surface area contributed by atoms with E-state index in [2.05, 4.69) is 4.98 Å². The van der Waals surface area contributed by atoms with E-state index >= 15 is 0 Å². The van der Waals surface area contributed by atoms with Gasteiger partial charge in [0, 0.05) is 53.5 Å². The Labute approximate surface area is 181 Å². The number of benzene rings is 2. The number of nitrogens with one attached hydrogen (secondary N) is 1. The van der Waals surface area contributed by atoms with Gasteiger partial charge in [-0.2, -0.15) is 0 Å². The fourth-order valence-corrected chi connectivity index (χ4v) is 4.03. The lowest BCUT2D eigenvalue weighted by atomic mass is 9.82. The largest absolute Gasteiger partial charge is 0.503 e. The van der Waals surface area contributed by atoms with Crippen molar-refractivity contribution in [2.24, 2.45) is 5.41 Å². The van der Waals surface area contributed by atoms with Crippen LogP contribution in [0.3, 0.4) is 0 Å². The third kappa shape index (κ3) is 3.38. The van der Waals surface area contributed by atoms with Crippen LogP contribution in [0.25, 0.3) is 10.9 Å². The number of aromatic amines is 1. The number of amides is 1. The van der Waals surface area contributed by atoms with Gasteiger partial charge >= 0.3 is 0 Å². The van der Waals surface area contributed by atoms with E-state index in [-0.39, 0.29) is 11.4 Å². The maximum absolute atomic E-state index is 13.4. The monoisotopic (exact) mass is 417 g/mol. The van der Waals surface area contributed by atoms with E-state index in [0.29, 0.717) is 5.69 Å². The first-order chi connectivity index (χ1) is 14.6. The topological polar surface area (TPSA) is 76.6 Å². The fraction of sp³-hybridized carbons (Fsp3) is 0.280. The minimum Gasteiger partial charge on any atom is -0.503 e. The molecule has 6 heteroatoms. The maximum atomic E-state index is 13.4. The predicted octanol–water partition coefficient (Wildman–Crippen LogP) is 4.75. The maximum Gasteiger partial charge on any atom is 0.294 e. The summed E-state index contributed by atoms with van der Waals surface area (Å²) < 4.78 is 0. The van der Waals surface area contributed by atoms with Gasteiger partial charge < -0.3 is 15.0 Å². The molecule has 1 unspecified atom stereocenters. The van der Waals surface area contributed by atoms with Gasteiger partial charge in [0.1, 0.15) is 0 Å². The summed E-state index contributed by atoms with van der Waals surface area (Å²) in [6.07, 6.45) is 1.82. The highest BCUT2D eigenvalue weighted by Crippen LogP contribution is 2.45. The molecule has 3 aromatic rings. The Hall–Kier alpha value is -3.54. The van der Waals surface area contributed by atoms with Gasteiger partial charge in [0.25, 0.3) is 5.91 Å². The van der Waals surface area contributed by atoms with Crippen LogP contribution >= 0.6 is 0 Å². The van der Waals surface area contributed by atoms with Crippen LogP contribution < -0.4 is 9.80 Å². The number of anilines is 2. The third-order valence-corrected chi connectivity index (χ3v) is 5.69. The van der Waals surface area contributed by atoms with Crippen molar-refractivity contribution >= 4 is 34.0 Å².